The van der Waals surface area contributed by atoms with Gasteiger partial charge in [0, 0.05) is 13.1 Å². The molecular formula is C13H16FNO4S. The van der Waals surface area contributed by atoms with Crippen LogP contribution < -0.4 is 0 Å². The molecule has 0 bridgehead atoms. The van der Waals surface area contributed by atoms with Gasteiger partial charge in [0.15, 0.2) is 0 Å². The number of hydrogen-bond donors (Lipinski definition) is 1. The zero-order valence-corrected chi connectivity index (χ0v) is 11.9. The summed E-state index contributed by atoms with van der Waals surface area (Å²) < 4.78 is 39.6. The van der Waals surface area contributed by atoms with Crippen molar-refractivity contribution >= 4 is 16.0 Å². The molecular weight excluding hydrogens is 285 g/mol. The van der Waals surface area contributed by atoms with Crippen molar-refractivity contribution < 1.29 is 22.7 Å². The molecule has 0 atom stereocenters. The van der Waals surface area contributed by atoms with Crippen molar-refractivity contribution in [2.24, 2.45) is 5.92 Å². The first-order chi connectivity index (χ1) is 9.32. The molecule has 7 heteroatoms. The van der Waals surface area contributed by atoms with Gasteiger partial charge in [-0.3, -0.25) is 4.79 Å². The normalized spacial score (nSPS) is 18.1. The molecule has 1 heterocycles. The van der Waals surface area contributed by atoms with Crippen LogP contribution in [0.25, 0.3) is 0 Å². The van der Waals surface area contributed by atoms with E-state index in [2.05, 4.69) is 0 Å². The van der Waals surface area contributed by atoms with E-state index < -0.39 is 27.7 Å². The van der Waals surface area contributed by atoms with E-state index in [1.807, 2.05) is 0 Å². The van der Waals surface area contributed by atoms with Gasteiger partial charge in [0.25, 0.3) is 0 Å². The molecule has 2 rings (SSSR count). The van der Waals surface area contributed by atoms with E-state index in [9.17, 15) is 17.6 Å². The molecule has 1 aromatic rings. The van der Waals surface area contributed by atoms with Gasteiger partial charge in [0.1, 0.15) is 10.7 Å². The molecule has 0 aromatic heterocycles. The lowest BCUT2D eigenvalue weighted by Gasteiger charge is -2.29. The standard InChI is InChI=1S/C13H16FNO4S/c1-9-2-3-11(14)12(8-9)20(18,19)15-6-4-10(5-7-15)13(16)17/h2-3,8,10H,4-7H2,1H3,(H,16,17). The second-order valence-electron chi connectivity index (χ2n) is 4.95. The number of rotatable bonds is 3. The molecule has 0 amide bonds. The summed E-state index contributed by atoms with van der Waals surface area (Å²) in [4.78, 5) is 10.5. The largest absolute Gasteiger partial charge is 0.481 e. The predicted octanol–water partition coefficient (Wildman–Crippen LogP) is 1.62. The Kier molecular flexibility index (Phi) is 4.10. The Balaban J connectivity index is 2.24. The molecule has 110 valence electrons. The van der Waals surface area contributed by atoms with E-state index in [4.69, 9.17) is 5.11 Å². The predicted molar refractivity (Wildman–Crippen MR) is 70.3 cm³/mol. The first-order valence-corrected chi connectivity index (χ1v) is 7.75. The fourth-order valence-electron chi connectivity index (χ4n) is 2.29. The summed E-state index contributed by atoms with van der Waals surface area (Å²) >= 11 is 0. The van der Waals surface area contributed by atoms with Gasteiger partial charge in [0.05, 0.1) is 5.92 Å². The number of aliphatic carboxylic acids is 1. The molecule has 1 aliphatic rings. The van der Waals surface area contributed by atoms with Gasteiger partial charge in [0.2, 0.25) is 10.0 Å². The fraction of sp³-hybridized carbons (Fsp3) is 0.462. The lowest BCUT2D eigenvalue weighted by molar-refractivity contribution is -0.142. The molecule has 0 aliphatic carbocycles. The van der Waals surface area contributed by atoms with Crippen molar-refractivity contribution in [2.75, 3.05) is 13.1 Å². The van der Waals surface area contributed by atoms with Gasteiger partial charge in [-0.15, -0.1) is 0 Å². The Morgan fingerprint density at radius 3 is 2.50 bits per heavy atom. The van der Waals surface area contributed by atoms with Gasteiger partial charge in [-0.05, 0) is 37.5 Å². The average Bonchev–Trinajstić information content (AvgIpc) is 2.41. The monoisotopic (exact) mass is 301 g/mol. The van der Waals surface area contributed by atoms with Crippen molar-refractivity contribution in [1.29, 1.82) is 0 Å². The van der Waals surface area contributed by atoms with Crippen LogP contribution in [0.3, 0.4) is 0 Å². The third kappa shape index (κ3) is 2.83. The summed E-state index contributed by atoms with van der Waals surface area (Å²) in [5.74, 6) is -2.22. The van der Waals surface area contributed by atoms with Crippen LogP contribution in [0.1, 0.15) is 18.4 Å². The molecule has 1 aliphatic heterocycles. The molecule has 0 saturated carbocycles. The summed E-state index contributed by atoms with van der Waals surface area (Å²) in [6.07, 6.45) is 0.504. The molecule has 5 nitrogen and oxygen atoms in total. The third-order valence-corrected chi connectivity index (χ3v) is 5.42. The van der Waals surface area contributed by atoms with E-state index in [0.717, 1.165) is 10.4 Å². The van der Waals surface area contributed by atoms with Crippen LogP contribution in [0.5, 0.6) is 0 Å². The van der Waals surface area contributed by atoms with Crippen LogP contribution in [0.15, 0.2) is 23.1 Å². The number of carbonyl (C=O) groups is 1. The molecule has 1 aromatic carbocycles. The van der Waals surface area contributed by atoms with Crippen molar-refractivity contribution in [2.45, 2.75) is 24.7 Å². The van der Waals surface area contributed by atoms with Crippen molar-refractivity contribution in [1.82, 2.24) is 4.31 Å². The summed E-state index contributed by atoms with van der Waals surface area (Å²) in [6.45, 7) is 1.90. The minimum Gasteiger partial charge on any atom is -0.481 e. The molecule has 20 heavy (non-hydrogen) atoms. The minimum absolute atomic E-state index is 0.104. The SMILES string of the molecule is Cc1ccc(F)c(S(=O)(=O)N2CCC(C(=O)O)CC2)c1. The number of carboxylic acids is 1. The summed E-state index contributed by atoms with van der Waals surface area (Å²) in [6, 6.07) is 3.94. The van der Waals surface area contributed by atoms with Crippen molar-refractivity contribution in [3.63, 3.8) is 0 Å². The van der Waals surface area contributed by atoms with Crippen molar-refractivity contribution in [3.05, 3.63) is 29.6 Å². The quantitative estimate of drug-likeness (QED) is 0.920. The number of piperidine rings is 1. The van der Waals surface area contributed by atoms with E-state index in [-0.39, 0.29) is 30.8 Å². The highest BCUT2D eigenvalue weighted by atomic mass is 32.2. The maximum atomic E-state index is 13.7. The zero-order valence-electron chi connectivity index (χ0n) is 11.0. The van der Waals surface area contributed by atoms with E-state index in [1.54, 1.807) is 6.92 Å². The minimum atomic E-state index is -3.90. The highest BCUT2D eigenvalue weighted by molar-refractivity contribution is 7.89. The first kappa shape index (κ1) is 14.9. The van der Waals surface area contributed by atoms with E-state index in [1.165, 1.54) is 12.1 Å². The molecule has 0 unspecified atom stereocenters. The van der Waals surface area contributed by atoms with Gasteiger partial charge >= 0.3 is 5.97 Å². The van der Waals surface area contributed by atoms with Crippen LogP contribution in [-0.2, 0) is 14.8 Å². The van der Waals surface area contributed by atoms with Gasteiger partial charge in [-0.1, -0.05) is 6.07 Å². The fourth-order valence-corrected chi connectivity index (χ4v) is 3.91. The lowest BCUT2D eigenvalue weighted by atomic mass is 9.99. The third-order valence-electron chi connectivity index (χ3n) is 3.51. The number of benzene rings is 1. The van der Waals surface area contributed by atoms with Crippen LogP contribution in [-0.4, -0.2) is 36.9 Å². The highest BCUT2D eigenvalue weighted by Gasteiger charge is 2.33. The molecule has 1 saturated heterocycles. The lowest BCUT2D eigenvalue weighted by Crippen LogP contribution is -2.40. The Bertz CT molecular complexity index is 621. The number of aryl methyl sites for hydroxylation is 1. The van der Waals surface area contributed by atoms with E-state index in [0.29, 0.717) is 5.56 Å². The van der Waals surface area contributed by atoms with Gasteiger partial charge < -0.3 is 5.11 Å². The van der Waals surface area contributed by atoms with Gasteiger partial charge in [-0.2, -0.15) is 4.31 Å². The van der Waals surface area contributed by atoms with Crippen LogP contribution in [0.2, 0.25) is 0 Å². The molecule has 1 fully saturated rings. The van der Waals surface area contributed by atoms with Crippen molar-refractivity contribution in [3.8, 4) is 0 Å². The van der Waals surface area contributed by atoms with Crippen LogP contribution >= 0.6 is 0 Å². The Labute approximate surface area is 117 Å². The zero-order chi connectivity index (χ0) is 14.9. The van der Waals surface area contributed by atoms with E-state index >= 15 is 0 Å². The maximum Gasteiger partial charge on any atom is 0.306 e. The number of sulfonamides is 1. The first-order valence-electron chi connectivity index (χ1n) is 6.31. The second-order valence-corrected chi connectivity index (χ2v) is 6.86. The average molecular weight is 301 g/mol. The Hall–Kier alpha value is -1.47. The summed E-state index contributed by atoms with van der Waals surface area (Å²) in [5, 5.41) is 8.90. The molecule has 1 N–H and O–H groups in total. The highest BCUT2D eigenvalue weighted by Crippen LogP contribution is 2.26. The van der Waals surface area contributed by atoms with Gasteiger partial charge in [-0.25, -0.2) is 12.8 Å². The number of hydrogen-bond acceptors (Lipinski definition) is 3. The smallest absolute Gasteiger partial charge is 0.306 e. The summed E-state index contributed by atoms with van der Waals surface area (Å²) in [5.41, 5.74) is 0.658. The molecule has 0 spiro atoms. The number of nitrogens with zero attached hydrogens (tertiary/aromatic N) is 1. The van der Waals surface area contributed by atoms with Crippen LogP contribution in [0, 0.1) is 18.7 Å². The summed E-state index contributed by atoms with van der Waals surface area (Å²) in [7, 11) is -3.90. The number of halogens is 1. The Morgan fingerprint density at radius 1 is 1.35 bits per heavy atom. The number of carboxylic acid groups (broad SMARTS) is 1. The second kappa shape index (κ2) is 5.49. The maximum absolute atomic E-state index is 13.7. The Morgan fingerprint density at radius 2 is 1.95 bits per heavy atom. The molecule has 0 radical (unpaired) electrons. The van der Waals surface area contributed by atoms with Crippen LogP contribution in [0.4, 0.5) is 4.39 Å². The topological polar surface area (TPSA) is 74.7 Å².